The standard InChI is InChI=1S/C16H23N3O2/c1-16(2,13-5-7-14(18)8-6-13)15(20)19(10-4-9-17)11-12-21-3/h5-8H,4,10-12,18H2,1-3H3. The molecule has 0 unspecified atom stereocenters. The molecule has 0 saturated heterocycles. The Kier molecular flexibility index (Phi) is 6.19. The summed E-state index contributed by atoms with van der Waals surface area (Å²) in [5.74, 6) is -0.0143. The molecule has 0 aliphatic heterocycles. The van der Waals surface area contributed by atoms with E-state index in [1.807, 2.05) is 26.0 Å². The first-order valence-electron chi connectivity index (χ1n) is 6.94. The molecule has 5 heteroatoms. The number of rotatable bonds is 7. The third-order valence-electron chi connectivity index (χ3n) is 3.51. The maximum Gasteiger partial charge on any atom is 0.232 e. The molecule has 114 valence electrons. The number of ether oxygens (including phenoxy) is 1. The summed E-state index contributed by atoms with van der Waals surface area (Å²) in [5, 5.41) is 8.74. The van der Waals surface area contributed by atoms with Gasteiger partial charge in [-0.2, -0.15) is 5.26 Å². The van der Waals surface area contributed by atoms with Gasteiger partial charge in [0.2, 0.25) is 5.91 Å². The number of amides is 1. The molecule has 0 heterocycles. The fourth-order valence-electron chi connectivity index (χ4n) is 2.12. The lowest BCUT2D eigenvalue weighted by Gasteiger charge is -2.32. The maximum absolute atomic E-state index is 12.8. The van der Waals surface area contributed by atoms with Crippen molar-refractivity contribution in [3.05, 3.63) is 29.8 Å². The number of nitrogens with zero attached hydrogens (tertiary/aromatic N) is 2. The Morgan fingerprint density at radius 1 is 1.33 bits per heavy atom. The van der Waals surface area contributed by atoms with Crippen molar-refractivity contribution in [2.45, 2.75) is 25.7 Å². The van der Waals surface area contributed by atoms with Gasteiger partial charge >= 0.3 is 0 Å². The smallest absolute Gasteiger partial charge is 0.232 e. The van der Waals surface area contributed by atoms with Crippen LogP contribution >= 0.6 is 0 Å². The van der Waals surface area contributed by atoms with Crippen LogP contribution in [-0.2, 0) is 14.9 Å². The van der Waals surface area contributed by atoms with Gasteiger partial charge in [-0.15, -0.1) is 0 Å². The highest BCUT2D eigenvalue weighted by molar-refractivity contribution is 5.87. The molecule has 0 aliphatic carbocycles. The van der Waals surface area contributed by atoms with E-state index in [2.05, 4.69) is 6.07 Å². The lowest BCUT2D eigenvalue weighted by Crippen LogP contribution is -2.45. The number of nitrogens with two attached hydrogens (primary N) is 1. The van der Waals surface area contributed by atoms with Crippen LogP contribution in [0.2, 0.25) is 0 Å². The molecule has 1 aromatic carbocycles. The molecule has 1 aromatic rings. The fourth-order valence-corrected chi connectivity index (χ4v) is 2.12. The van der Waals surface area contributed by atoms with Crippen LogP contribution in [-0.4, -0.2) is 37.6 Å². The SMILES string of the molecule is COCCN(CCC#N)C(=O)C(C)(C)c1ccc(N)cc1. The second-order valence-corrected chi connectivity index (χ2v) is 5.44. The Morgan fingerprint density at radius 3 is 2.48 bits per heavy atom. The molecular weight excluding hydrogens is 266 g/mol. The number of carbonyl (C=O) groups excluding carboxylic acids is 1. The summed E-state index contributed by atoms with van der Waals surface area (Å²) >= 11 is 0. The van der Waals surface area contributed by atoms with Crippen molar-refractivity contribution >= 4 is 11.6 Å². The van der Waals surface area contributed by atoms with E-state index in [1.165, 1.54) is 0 Å². The van der Waals surface area contributed by atoms with E-state index < -0.39 is 5.41 Å². The molecule has 0 atom stereocenters. The zero-order valence-electron chi connectivity index (χ0n) is 12.9. The summed E-state index contributed by atoms with van der Waals surface area (Å²) < 4.78 is 5.04. The molecule has 0 fully saturated rings. The van der Waals surface area contributed by atoms with E-state index in [1.54, 1.807) is 24.1 Å². The van der Waals surface area contributed by atoms with Gasteiger partial charge in [-0.05, 0) is 31.5 Å². The van der Waals surface area contributed by atoms with Crippen LogP contribution in [0, 0.1) is 11.3 Å². The van der Waals surface area contributed by atoms with E-state index in [9.17, 15) is 4.79 Å². The Bertz CT molecular complexity index is 503. The maximum atomic E-state index is 12.8. The van der Waals surface area contributed by atoms with E-state index in [4.69, 9.17) is 15.7 Å². The molecule has 0 aromatic heterocycles. The molecule has 21 heavy (non-hydrogen) atoms. The molecular formula is C16H23N3O2. The topological polar surface area (TPSA) is 79.3 Å². The van der Waals surface area contributed by atoms with Crippen molar-refractivity contribution in [2.24, 2.45) is 0 Å². The van der Waals surface area contributed by atoms with E-state index >= 15 is 0 Å². The summed E-state index contributed by atoms with van der Waals surface area (Å²) in [6.07, 6.45) is 0.313. The summed E-state index contributed by atoms with van der Waals surface area (Å²) in [7, 11) is 1.60. The second kappa shape index (κ2) is 7.65. The minimum Gasteiger partial charge on any atom is -0.399 e. The van der Waals surface area contributed by atoms with Crippen LogP contribution in [0.25, 0.3) is 0 Å². The van der Waals surface area contributed by atoms with Crippen LogP contribution in [0.4, 0.5) is 5.69 Å². The Balaban J connectivity index is 2.93. The van der Waals surface area contributed by atoms with Crippen LogP contribution < -0.4 is 5.73 Å². The predicted molar refractivity (Wildman–Crippen MR) is 82.6 cm³/mol. The molecule has 0 spiro atoms. The number of hydrogen-bond donors (Lipinski definition) is 1. The highest BCUT2D eigenvalue weighted by Crippen LogP contribution is 2.26. The van der Waals surface area contributed by atoms with Gasteiger partial charge in [-0.1, -0.05) is 12.1 Å². The van der Waals surface area contributed by atoms with Crippen molar-refractivity contribution in [2.75, 3.05) is 32.5 Å². The number of nitrogen functional groups attached to an aromatic ring is 1. The molecule has 5 nitrogen and oxygen atoms in total. The van der Waals surface area contributed by atoms with Gasteiger partial charge in [0.15, 0.2) is 0 Å². The predicted octanol–water partition coefficient (Wildman–Crippen LogP) is 1.94. The first-order chi connectivity index (χ1) is 9.93. The zero-order chi connectivity index (χ0) is 15.9. The van der Waals surface area contributed by atoms with Crippen LogP contribution in [0.1, 0.15) is 25.8 Å². The first-order valence-corrected chi connectivity index (χ1v) is 6.94. The van der Waals surface area contributed by atoms with Crippen LogP contribution in [0.15, 0.2) is 24.3 Å². The third-order valence-corrected chi connectivity index (χ3v) is 3.51. The summed E-state index contributed by atoms with van der Waals surface area (Å²) in [6.45, 7) is 5.11. The molecule has 0 saturated carbocycles. The van der Waals surface area contributed by atoms with Crippen molar-refractivity contribution in [3.63, 3.8) is 0 Å². The third kappa shape index (κ3) is 4.47. The number of anilines is 1. The molecule has 0 bridgehead atoms. The number of nitriles is 1. The second-order valence-electron chi connectivity index (χ2n) is 5.44. The largest absolute Gasteiger partial charge is 0.399 e. The van der Waals surface area contributed by atoms with Gasteiger partial charge in [0.25, 0.3) is 0 Å². The lowest BCUT2D eigenvalue weighted by molar-refractivity contribution is -0.136. The highest BCUT2D eigenvalue weighted by Gasteiger charge is 2.33. The normalized spacial score (nSPS) is 11.0. The number of methoxy groups -OCH3 is 1. The monoisotopic (exact) mass is 289 g/mol. The Labute approximate surface area is 126 Å². The molecule has 2 N–H and O–H groups in total. The van der Waals surface area contributed by atoms with E-state index in [-0.39, 0.29) is 5.91 Å². The summed E-state index contributed by atoms with van der Waals surface area (Å²) in [4.78, 5) is 14.5. The van der Waals surface area contributed by atoms with Crippen molar-refractivity contribution in [1.29, 1.82) is 5.26 Å². The molecule has 0 radical (unpaired) electrons. The van der Waals surface area contributed by atoms with Crippen LogP contribution in [0.5, 0.6) is 0 Å². The first kappa shape index (κ1) is 17.0. The van der Waals surface area contributed by atoms with Crippen molar-refractivity contribution in [1.82, 2.24) is 4.90 Å². The number of benzene rings is 1. The van der Waals surface area contributed by atoms with Gasteiger partial charge in [-0.25, -0.2) is 0 Å². The van der Waals surface area contributed by atoms with Crippen LogP contribution in [0.3, 0.4) is 0 Å². The quantitative estimate of drug-likeness (QED) is 0.778. The van der Waals surface area contributed by atoms with E-state index in [0.29, 0.717) is 31.8 Å². The van der Waals surface area contributed by atoms with Gasteiger partial charge in [-0.3, -0.25) is 4.79 Å². The summed E-state index contributed by atoms with van der Waals surface area (Å²) in [5.41, 5.74) is 6.59. The number of hydrogen-bond acceptors (Lipinski definition) is 4. The van der Waals surface area contributed by atoms with Gasteiger partial charge in [0.1, 0.15) is 0 Å². The summed E-state index contributed by atoms with van der Waals surface area (Å²) in [6, 6.07) is 9.39. The van der Waals surface area contributed by atoms with Crippen molar-refractivity contribution < 1.29 is 9.53 Å². The minimum atomic E-state index is -0.670. The average Bonchev–Trinajstić information content (AvgIpc) is 2.47. The Hall–Kier alpha value is -2.06. The van der Waals surface area contributed by atoms with E-state index in [0.717, 1.165) is 5.56 Å². The Morgan fingerprint density at radius 2 is 1.95 bits per heavy atom. The van der Waals surface area contributed by atoms with Gasteiger partial charge < -0.3 is 15.4 Å². The minimum absolute atomic E-state index is 0.0143. The molecule has 1 amide bonds. The zero-order valence-corrected chi connectivity index (χ0v) is 12.9. The average molecular weight is 289 g/mol. The number of carbonyl (C=O) groups is 1. The molecule has 0 aliphatic rings. The van der Waals surface area contributed by atoms with Gasteiger partial charge in [0.05, 0.1) is 24.5 Å². The van der Waals surface area contributed by atoms with Gasteiger partial charge in [0, 0.05) is 25.9 Å². The highest BCUT2D eigenvalue weighted by atomic mass is 16.5. The van der Waals surface area contributed by atoms with Crippen molar-refractivity contribution in [3.8, 4) is 6.07 Å². The lowest BCUT2D eigenvalue weighted by atomic mass is 9.83. The fraction of sp³-hybridized carbons (Fsp3) is 0.500. The molecule has 1 rings (SSSR count).